The highest BCUT2D eigenvalue weighted by molar-refractivity contribution is 7.88. The molecule has 0 spiro atoms. The van der Waals surface area contributed by atoms with Crippen molar-refractivity contribution in [2.75, 3.05) is 23.5 Å². The molecule has 0 aliphatic heterocycles. The van der Waals surface area contributed by atoms with E-state index in [2.05, 4.69) is 25.4 Å². The van der Waals surface area contributed by atoms with Gasteiger partial charge in [-0.3, -0.25) is 5.43 Å². The van der Waals surface area contributed by atoms with Crippen molar-refractivity contribution in [3.63, 3.8) is 0 Å². The zero-order valence-corrected chi connectivity index (χ0v) is 11.7. The van der Waals surface area contributed by atoms with Gasteiger partial charge in [-0.2, -0.15) is 4.98 Å². The zero-order chi connectivity index (χ0) is 14.7. The third kappa shape index (κ3) is 5.32. The lowest BCUT2D eigenvalue weighted by molar-refractivity contribution is 0.474. The van der Waals surface area contributed by atoms with E-state index in [1.807, 2.05) is 0 Å². The Labute approximate surface area is 111 Å². The number of anilines is 2. The average molecular weight is 292 g/mol. The average Bonchev–Trinajstić information content (AvgIpc) is 2.25. The summed E-state index contributed by atoms with van der Waals surface area (Å²) in [6.07, 6.45) is 2.01. The Hall–Kier alpha value is -1.52. The fraction of sp³-hybridized carbons (Fsp3) is 0.556. The molecule has 19 heavy (non-hydrogen) atoms. The van der Waals surface area contributed by atoms with E-state index in [0.717, 1.165) is 12.5 Å². The Kier molecular flexibility index (Phi) is 4.61. The van der Waals surface area contributed by atoms with Gasteiger partial charge in [0.25, 0.3) is 0 Å². The minimum atomic E-state index is -3.36. The second-order valence-corrected chi connectivity index (χ2v) is 6.39. The minimum absolute atomic E-state index is 0.0535. The summed E-state index contributed by atoms with van der Waals surface area (Å²) in [5.41, 5.74) is 1.39. The molecule has 108 valence electrons. The number of halogens is 1. The summed E-state index contributed by atoms with van der Waals surface area (Å²) in [6.45, 7) is 3.45. The van der Waals surface area contributed by atoms with Crippen molar-refractivity contribution >= 4 is 21.8 Å². The van der Waals surface area contributed by atoms with Crippen LogP contribution < -0.4 is 21.3 Å². The van der Waals surface area contributed by atoms with E-state index in [1.165, 1.54) is 0 Å². The van der Waals surface area contributed by atoms with Crippen LogP contribution in [0.1, 0.15) is 13.8 Å². The van der Waals surface area contributed by atoms with Gasteiger partial charge >= 0.3 is 0 Å². The summed E-state index contributed by atoms with van der Waals surface area (Å²) in [6, 6.07) is 0. The molecule has 0 saturated carbocycles. The number of nitrogens with one attached hydrogen (secondary N) is 3. The van der Waals surface area contributed by atoms with Crippen molar-refractivity contribution in [1.29, 1.82) is 0 Å². The number of rotatable bonds is 6. The van der Waals surface area contributed by atoms with Crippen molar-refractivity contribution in [3.8, 4) is 0 Å². The molecule has 0 atom stereocenters. The van der Waals surface area contributed by atoms with Crippen LogP contribution in [0, 0.1) is 5.82 Å². The molecule has 0 amide bonds. The van der Waals surface area contributed by atoms with Crippen molar-refractivity contribution in [2.45, 2.75) is 19.4 Å². The molecule has 0 saturated heterocycles. The number of hydrogen-bond acceptors (Lipinski definition) is 7. The van der Waals surface area contributed by atoms with E-state index >= 15 is 0 Å². The van der Waals surface area contributed by atoms with E-state index in [1.54, 1.807) is 13.8 Å². The lowest BCUT2D eigenvalue weighted by Gasteiger charge is -2.25. The van der Waals surface area contributed by atoms with Gasteiger partial charge in [0.2, 0.25) is 16.0 Å². The number of nitrogens with two attached hydrogens (primary N) is 1. The Morgan fingerprint density at radius 1 is 1.47 bits per heavy atom. The third-order valence-electron chi connectivity index (χ3n) is 2.03. The molecular weight excluding hydrogens is 275 g/mol. The van der Waals surface area contributed by atoms with Gasteiger partial charge in [-0.15, -0.1) is 0 Å². The predicted octanol–water partition coefficient (Wildman–Crippen LogP) is -0.359. The van der Waals surface area contributed by atoms with Gasteiger partial charge in [0.1, 0.15) is 0 Å². The summed E-state index contributed by atoms with van der Waals surface area (Å²) in [5, 5.41) is 2.70. The Balaban J connectivity index is 2.76. The maximum Gasteiger partial charge on any atom is 0.239 e. The molecule has 0 unspecified atom stereocenters. The fourth-order valence-corrected chi connectivity index (χ4v) is 2.48. The van der Waals surface area contributed by atoms with Gasteiger partial charge in [-0.1, -0.05) is 0 Å². The first-order valence-corrected chi connectivity index (χ1v) is 7.24. The largest absolute Gasteiger partial charge is 0.366 e. The predicted molar refractivity (Wildman–Crippen MR) is 70.3 cm³/mol. The fourth-order valence-electron chi connectivity index (χ4n) is 1.40. The molecule has 5 N–H and O–H groups in total. The first-order valence-electron chi connectivity index (χ1n) is 5.35. The molecule has 1 heterocycles. The zero-order valence-electron chi connectivity index (χ0n) is 10.9. The Morgan fingerprint density at radius 3 is 2.63 bits per heavy atom. The van der Waals surface area contributed by atoms with Crippen LogP contribution in [0.3, 0.4) is 0 Å². The van der Waals surface area contributed by atoms with Crippen LogP contribution in [0.15, 0.2) is 6.20 Å². The summed E-state index contributed by atoms with van der Waals surface area (Å²) >= 11 is 0. The molecule has 1 rings (SSSR count). The molecule has 0 aromatic carbocycles. The minimum Gasteiger partial charge on any atom is -0.366 e. The van der Waals surface area contributed by atoms with Crippen LogP contribution in [0.4, 0.5) is 16.2 Å². The number of hydrazine groups is 1. The van der Waals surface area contributed by atoms with Gasteiger partial charge in [-0.25, -0.2) is 28.4 Å². The molecule has 1 aromatic rings. The molecule has 10 heteroatoms. The molecule has 0 aliphatic rings. The first kappa shape index (κ1) is 15.5. The summed E-state index contributed by atoms with van der Waals surface area (Å²) in [7, 11) is -3.36. The number of aromatic nitrogens is 2. The smallest absolute Gasteiger partial charge is 0.239 e. The number of sulfonamides is 1. The molecule has 1 aromatic heterocycles. The Morgan fingerprint density at radius 2 is 2.11 bits per heavy atom. The lowest BCUT2D eigenvalue weighted by atomic mass is 10.1. The number of nitrogens with zero attached hydrogens (tertiary/aromatic N) is 2. The molecule has 0 aliphatic carbocycles. The van der Waals surface area contributed by atoms with Gasteiger partial charge in [0.05, 0.1) is 12.5 Å². The normalized spacial score (nSPS) is 12.3. The summed E-state index contributed by atoms with van der Waals surface area (Å²) < 4.78 is 38.2. The van der Waals surface area contributed by atoms with Crippen molar-refractivity contribution < 1.29 is 12.8 Å². The van der Waals surface area contributed by atoms with E-state index < -0.39 is 21.4 Å². The SMILES string of the molecule is CC(C)(CNc1nc(NN)ncc1F)NS(C)(=O)=O. The topological polar surface area (TPSA) is 122 Å². The number of nitrogen functional groups attached to an aromatic ring is 1. The van der Waals surface area contributed by atoms with E-state index in [4.69, 9.17) is 5.84 Å². The quantitative estimate of drug-likeness (QED) is 0.417. The third-order valence-corrected chi connectivity index (χ3v) is 2.96. The van der Waals surface area contributed by atoms with Crippen molar-refractivity contribution in [2.24, 2.45) is 5.84 Å². The molecule has 0 fully saturated rings. The van der Waals surface area contributed by atoms with Crippen LogP contribution >= 0.6 is 0 Å². The van der Waals surface area contributed by atoms with Gasteiger partial charge in [0.15, 0.2) is 11.6 Å². The second-order valence-electron chi connectivity index (χ2n) is 4.65. The number of hydrogen-bond donors (Lipinski definition) is 4. The van der Waals surface area contributed by atoms with Gasteiger partial charge in [0, 0.05) is 12.1 Å². The lowest BCUT2D eigenvalue weighted by Crippen LogP contribution is -2.48. The standard InChI is InChI=1S/C9H17FN6O2S/c1-9(2,16-19(3,17)18)5-13-7-6(10)4-12-8(14-7)15-11/h4,16H,5,11H2,1-3H3,(H2,12,13,14,15). The van der Waals surface area contributed by atoms with E-state index in [-0.39, 0.29) is 18.3 Å². The highest BCUT2D eigenvalue weighted by atomic mass is 32.2. The second kappa shape index (κ2) is 5.63. The molecular formula is C9H17FN6O2S. The Bertz CT molecular complexity index is 548. The van der Waals surface area contributed by atoms with Crippen LogP contribution in [0.5, 0.6) is 0 Å². The summed E-state index contributed by atoms with van der Waals surface area (Å²) in [5.74, 6) is 4.45. The van der Waals surface area contributed by atoms with Gasteiger partial charge < -0.3 is 5.32 Å². The highest BCUT2D eigenvalue weighted by Crippen LogP contribution is 2.13. The monoisotopic (exact) mass is 292 g/mol. The molecule has 0 radical (unpaired) electrons. The van der Waals surface area contributed by atoms with Crippen LogP contribution in [0.25, 0.3) is 0 Å². The van der Waals surface area contributed by atoms with Crippen molar-refractivity contribution in [3.05, 3.63) is 12.0 Å². The van der Waals surface area contributed by atoms with Gasteiger partial charge in [-0.05, 0) is 13.8 Å². The van der Waals surface area contributed by atoms with Crippen LogP contribution in [-0.2, 0) is 10.0 Å². The molecule has 8 nitrogen and oxygen atoms in total. The van der Waals surface area contributed by atoms with Crippen LogP contribution in [0.2, 0.25) is 0 Å². The maximum atomic E-state index is 13.4. The summed E-state index contributed by atoms with van der Waals surface area (Å²) in [4.78, 5) is 7.37. The van der Waals surface area contributed by atoms with E-state index in [9.17, 15) is 12.8 Å². The molecule has 0 bridgehead atoms. The van der Waals surface area contributed by atoms with Crippen molar-refractivity contribution in [1.82, 2.24) is 14.7 Å². The van der Waals surface area contributed by atoms with E-state index in [0.29, 0.717) is 0 Å². The van der Waals surface area contributed by atoms with Crippen LogP contribution in [-0.4, -0.2) is 36.7 Å². The first-order chi connectivity index (χ1) is 8.63. The maximum absolute atomic E-state index is 13.4. The highest BCUT2D eigenvalue weighted by Gasteiger charge is 2.22.